The van der Waals surface area contributed by atoms with Crippen LogP contribution in [0.15, 0.2) is 0 Å². The van der Waals surface area contributed by atoms with E-state index < -0.39 is 24.6 Å². The van der Waals surface area contributed by atoms with Crippen LogP contribution in [0.5, 0.6) is 0 Å². The van der Waals surface area contributed by atoms with Crippen LogP contribution in [0, 0.1) is 5.92 Å². The van der Waals surface area contributed by atoms with Crippen LogP contribution in [0.1, 0.15) is 6.92 Å². The molecule has 5 heteroatoms. The quantitative estimate of drug-likeness (QED) is 0.375. The molecule has 1 heterocycles. The van der Waals surface area contributed by atoms with E-state index in [2.05, 4.69) is 0 Å². The van der Waals surface area contributed by atoms with Gasteiger partial charge >= 0.3 is 0 Å². The van der Waals surface area contributed by atoms with Crippen LogP contribution in [0.2, 0.25) is 0 Å². The zero-order valence-electron chi connectivity index (χ0n) is 6.79. The van der Waals surface area contributed by atoms with Gasteiger partial charge in [0, 0.05) is 5.92 Å². The summed E-state index contributed by atoms with van der Waals surface area (Å²) in [6.07, 6.45) is -4.36. The van der Waals surface area contributed by atoms with E-state index in [1.807, 2.05) is 0 Å². The molecule has 1 saturated heterocycles. The fourth-order valence-corrected chi connectivity index (χ4v) is 1.29. The Bertz CT molecular complexity index is 146. The lowest BCUT2D eigenvalue weighted by Gasteiger charge is -2.38. The first kappa shape index (κ1) is 9.88. The van der Waals surface area contributed by atoms with Crippen molar-refractivity contribution in [3.05, 3.63) is 0 Å². The fourth-order valence-electron chi connectivity index (χ4n) is 1.29. The van der Waals surface area contributed by atoms with Crippen LogP contribution in [-0.4, -0.2) is 51.6 Å². The summed E-state index contributed by atoms with van der Waals surface area (Å²) in [5, 5.41) is 36.2. The van der Waals surface area contributed by atoms with Crippen LogP contribution in [0.25, 0.3) is 0 Å². The topological polar surface area (TPSA) is 90.2 Å². The molecule has 0 aromatic rings. The van der Waals surface area contributed by atoms with E-state index in [-0.39, 0.29) is 12.5 Å². The van der Waals surface area contributed by atoms with E-state index in [0.717, 1.165) is 0 Å². The summed E-state index contributed by atoms with van der Waals surface area (Å²) >= 11 is 0. The molecule has 4 N–H and O–H groups in total. The first-order valence-electron chi connectivity index (χ1n) is 3.88. The van der Waals surface area contributed by atoms with Gasteiger partial charge in [-0.15, -0.1) is 0 Å². The summed E-state index contributed by atoms with van der Waals surface area (Å²) in [5.41, 5.74) is 0. The molecule has 0 saturated carbocycles. The molecule has 5 atom stereocenters. The summed E-state index contributed by atoms with van der Waals surface area (Å²) in [4.78, 5) is 0. The highest BCUT2D eigenvalue weighted by Gasteiger charge is 2.40. The molecule has 1 fully saturated rings. The molecule has 0 aromatic heterocycles. The molecule has 72 valence electrons. The smallest absolute Gasteiger partial charge is 0.183 e. The lowest BCUT2D eigenvalue weighted by molar-refractivity contribution is -0.271. The molecule has 5 nitrogen and oxygen atoms in total. The third-order valence-corrected chi connectivity index (χ3v) is 2.26. The van der Waals surface area contributed by atoms with Crippen molar-refractivity contribution in [1.82, 2.24) is 0 Å². The van der Waals surface area contributed by atoms with Crippen molar-refractivity contribution < 1.29 is 25.2 Å². The molecule has 12 heavy (non-hydrogen) atoms. The van der Waals surface area contributed by atoms with Gasteiger partial charge in [-0.25, -0.2) is 0 Å². The predicted molar refractivity (Wildman–Crippen MR) is 39.1 cm³/mol. The van der Waals surface area contributed by atoms with Gasteiger partial charge in [-0.3, -0.25) is 0 Å². The average molecular weight is 178 g/mol. The summed E-state index contributed by atoms with van der Waals surface area (Å²) in [5.74, 6) is -0.381. The molecule has 1 aliphatic rings. The van der Waals surface area contributed by atoms with Crippen molar-refractivity contribution in [1.29, 1.82) is 0 Å². The van der Waals surface area contributed by atoms with Crippen molar-refractivity contribution in [2.24, 2.45) is 5.92 Å². The number of aliphatic hydroxyl groups is 4. The molecule has 0 aliphatic carbocycles. The Balaban J connectivity index is 2.63. The number of aliphatic hydroxyl groups excluding tert-OH is 4. The highest BCUT2D eigenvalue weighted by Crippen LogP contribution is 2.24. The molecular weight excluding hydrogens is 164 g/mol. The Hall–Kier alpha value is -0.200. The first-order valence-corrected chi connectivity index (χ1v) is 3.88. The van der Waals surface area contributed by atoms with Crippen molar-refractivity contribution in [2.75, 3.05) is 6.61 Å². The monoisotopic (exact) mass is 178 g/mol. The minimum atomic E-state index is -1.41. The van der Waals surface area contributed by atoms with Crippen LogP contribution < -0.4 is 0 Å². The van der Waals surface area contributed by atoms with E-state index in [4.69, 9.17) is 20.1 Å². The summed E-state index contributed by atoms with van der Waals surface area (Å²) < 4.78 is 4.83. The second kappa shape index (κ2) is 3.68. The lowest BCUT2D eigenvalue weighted by Crippen LogP contribution is -2.54. The maximum Gasteiger partial charge on any atom is 0.183 e. The summed E-state index contributed by atoms with van der Waals surface area (Å²) in [7, 11) is 0. The number of hydrogen-bond acceptors (Lipinski definition) is 5. The largest absolute Gasteiger partial charge is 0.394 e. The van der Waals surface area contributed by atoms with Crippen LogP contribution in [0.4, 0.5) is 0 Å². The molecule has 0 amide bonds. The highest BCUT2D eigenvalue weighted by molar-refractivity contribution is 4.85. The Labute approximate surface area is 70.2 Å². The van der Waals surface area contributed by atoms with E-state index in [1.54, 1.807) is 6.92 Å². The number of hydrogen-bond donors (Lipinski definition) is 4. The molecular formula is C7H14O5. The number of rotatable bonds is 1. The normalized spacial score (nSPS) is 49.2. The Kier molecular flexibility index (Phi) is 3.03. The molecule has 0 aromatic carbocycles. The van der Waals surface area contributed by atoms with Gasteiger partial charge in [0.05, 0.1) is 18.8 Å². The molecule has 0 radical (unpaired) electrons. The van der Waals surface area contributed by atoms with Gasteiger partial charge in [-0.2, -0.15) is 0 Å². The van der Waals surface area contributed by atoms with Crippen LogP contribution >= 0.6 is 0 Å². The molecule has 0 spiro atoms. The average Bonchev–Trinajstić information content (AvgIpc) is 2.08. The fraction of sp³-hybridized carbons (Fsp3) is 1.00. The van der Waals surface area contributed by atoms with Gasteiger partial charge in [-0.05, 0) is 0 Å². The zero-order valence-corrected chi connectivity index (χ0v) is 6.79. The minimum absolute atomic E-state index is 0.276. The predicted octanol–water partition coefficient (Wildman–Crippen LogP) is -1.95. The van der Waals surface area contributed by atoms with E-state index in [9.17, 15) is 5.11 Å². The molecule has 1 aliphatic heterocycles. The Morgan fingerprint density at radius 1 is 1.17 bits per heavy atom. The summed E-state index contributed by atoms with van der Waals surface area (Å²) in [6.45, 7) is 1.36. The van der Waals surface area contributed by atoms with Crippen LogP contribution in [-0.2, 0) is 4.74 Å². The maximum absolute atomic E-state index is 9.32. The highest BCUT2D eigenvalue weighted by atomic mass is 16.6. The van der Waals surface area contributed by atoms with Crippen molar-refractivity contribution in [2.45, 2.75) is 31.5 Å². The standard InChI is InChI=1S/C7H14O5/c1-3-4(2-8)12-7(11)6(10)5(3)9/h3-11H,2H2,1H3/t3?,4?,5-,6?,7?/m0/s1. The van der Waals surface area contributed by atoms with Gasteiger partial charge in [0.1, 0.15) is 6.10 Å². The van der Waals surface area contributed by atoms with Crippen LogP contribution in [0.3, 0.4) is 0 Å². The molecule has 1 rings (SSSR count). The molecule has 0 bridgehead atoms. The third kappa shape index (κ3) is 1.60. The summed E-state index contributed by atoms with van der Waals surface area (Å²) in [6, 6.07) is 0. The van der Waals surface area contributed by atoms with E-state index in [0.29, 0.717) is 0 Å². The zero-order chi connectivity index (χ0) is 9.30. The van der Waals surface area contributed by atoms with Crippen molar-refractivity contribution in [3.63, 3.8) is 0 Å². The van der Waals surface area contributed by atoms with E-state index >= 15 is 0 Å². The van der Waals surface area contributed by atoms with Gasteiger partial charge in [0.2, 0.25) is 0 Å². The van der Waals surface area contributed by atoms with Gasteiger partial charge in [0.25, 0.3) is 0 Å². The minimum Gasteiger partial charge on any atom is -0.394 e. The second-order valence-corrected chi connectivity index (χ2v) is 3.09. The second-order valence-electron chi connectivity index (χ2n) is 3.09. The lowest BCUT2D eigenvalue weighted by atomic mass is 9.91. The van der Waals surface area contributed by atoms with Crippen molar-refractivity contribution >= 4 is 0 Å². The van der Waals surface area contributed by atoms with Gasteiger partial charge in [0.15, 0.2) is 6.29 Å². The van der Waals surface area contributed by atoms with E-state index in [1.165, 1.54) is 0 Å². The maximum atomic E-state index is 9.32. The SMILES string of the molecule is CC1C(CO)OC(O)C(O)[C@H]1O. The van der Waals surface area contributed by atoms with Crippen molar-refractivity contribution in [3.8, 4) is 0 Å². The number of ether oxygens (including phenoxy) is 1. The first-order chi connectivity index (χ1) is 5.57. The molecule has 4 unspecified atom stereocenters. The van der Waals surface area contributed by atoms with Gasteiger partial charge in [-0.1, -0.05) is 6.92 Å². The third-order valence-electron chi connectivity index (χ3n) is 2.26. The van der Waals surface area contributed by atoms with Gasteiger partial charge < -0.3 is 25.2 Å². The Morgan fingerprint density at radius 3 is 2.25 bits per heavy atom. The Morgan fingerprint density at radius 2 is 1.75 bits per heavy atom.